The number of carbonyl (C=O) groups excluding carboxylic acids is 4. The second-order valence-electron chi connectivity index (χ2n) is 7.73. The fourth-order valence-electron chi connectivity index (χ4n) is 3.94. The van der Waals surface area contributed by atoms with E-state index in [9.17, 15) is 19.2 Å². The number of fused-ring (bicyclic) bond motifs is 1. The topological polar surface area (TPSA) is 96.3 Å². The van der Waals surface area contributed by atoms with Crippen molar-refractivity contribution >= 4 is 35.0 Å². The number of carbonyl (C=O) groups is 4. The molecule has 0 radical (unpaired) electrons. The van der Waals surface area contributed by atoms with Gasteiger partial charge < -0.3 is 4.74 Å². The minimum Gasteiger partial charge on any atom is -0.464 e. The van der Waals surface area contributed by atoms with Crippen molar-refractivity contribution in [2.75, 3.05) is 12.0 Å². The van der Waals surface area contributed by atoms with E-state index in [1.54, 1.807) is 39.0 Å². The van der Waals surface area contributed by atoms with Gasteiger partial charge in [0.15, 0.2) is 5.71 Å². The molecule has 8 heteroatoms. The molecule has 148 valence electrons. The smallest absolute Gasteiger partial charge is 0.355 e. The molecule has 8 nitrogen and oxygen atoms in total. The summed E-state index contributed by atoms with van der Waals surface area (Å²) in [5.74, 6) is -2.90. The number of Topliss-reactive ketones (excluding diaryl/α,β-unsaturated/α-hetero) is 1. The maximum Gasteiger partial charge on any atom is 0.355 e. The third kappa shape index (κ3) is 2.98. The third-order valence-electron chi connectivity index (χ3n) is 5.10. The highest BCUT2D eigenvalue weighted by Crippen LogP contribution is 2.40. The minimum atomic E-state index is -1.06. The van der Waals surface area contributed by atoms with E-state index in [0.717, 1.165) is 10.5 Å². The second kappa shape index (κ2) is 6.85. The van der Waals surface area contributed by atoms with Gasteiger partial charge in [0.2, 0.25) is 5.91 Å². The molecular weight excluding hydrogens is 362 g/mol. The van der Waals surface area contributed by atoms with Crippen molar-refractivity contribution in [1.29, 1.82) is 0 Å². The summed E-state index contributed by atoms with van der Waals surface area (Å²) in [6, 6.07) is 6.05. The number of esters is 1. The number of benzene rings is 1. The summed E-state index contributed by atoms with van der Waals surface area (Å²) in [7, 11) is 1.20. The Morgan fingerprint density at radius 3 is 2.39 bits per heavy atom. The lowest BCUT2D eigenvalue weighted by Gasteiger charge is -2.36. The Hall–Kier alpha value is -3.03. The Labute approximate surface area is 163 Å². The zero-order valence-electron chi connectivity index (χ0n) is 16.6. The first-order chi connectivity index (χ1) is 13.1. The predicted molar refractivity (Wildman–Crippen MR) is 102 cm³/mol. The lowest BCUT2D eigenvalue weighted by atomic mass is 9.92. The molecule has 1 aromatic rings. The monoisotopic (exact) mass is 385 g/mol. The molecule has 0 N–H and O–H groups in total. The summed E-state index contributed by atoms with van der Waals surface area (Å²) in [4.78, 5) is 51.6. The number of ether oxygens (including phenoxy) is 1. The molecule has 2 heterocycles. The van der Waals surface area contributed by atoms with E-state index < -0.39 is 35.3 Å². The molecule has 1 fully saturated rings. The first-order valence-corrected chi connectivity index (χ1v) is 8.99. The zero-order chi connectivity index (χ0) is 20.8. The van der Waals surface area contributed by atoms with Gasteiger partial charge in [0.25, 0.3) is 5.91 Å². The number of methoxy groups -OCH3 is 1. The number of hydrazone groups is 1. The van der Waals surface area contributed by atoms with Crippen molar-refractivity contribution in [1.82, 2.24) is 5.01 Å². The van der Waals surface area contributed by atoms with E-state index in [0.29, 0.717) is 5.69 Å². The van der Waals surface area contributed by atoms with Crippen LogP contribution >= 0.6 is 0 Å². The van der Waals surface area contributed by atoms with Crippen LogP contribution in [0.2, 0.25) is 0 Å². The Bertz CT molecular complexity index is 905. The number of para-hydroxylation sites is 1. The van der Waals surface area contributed by atoms with Crippen LogP contribution in [0.5, 0.6) is 0 Å². The molecule has 2 unspecified atom stereocenters. The van der Waals surface area contributed by atoms with Gasteiger partial charge in [-0.25, -0.2) is 9.69 Å². The van der Waals surface area contributed by atoms with Gasteiger partial charge in [-0.05, 0) is 39.3 Å². The largest absolute Gasteiger partial charge is 0.464 e. The fourth-order valence-corrected chi connectivity index (χ4v) is 3.94. The second-order valence-corrected chi connectivity index (χ2v) is 7.73. The number of amides is 2. The van der Waals surface area contributed by atoms with Crippen LogP contribution in [-0.4, -0.2) is 53.0 Å². The molecule has 0 bridgehead atoms. The summed E-state index contributed by atoms with van der Waals surface area (Å²) < 4.78 is 4.79. The third-order valence-corrected chi connectivity index (χ3v) is 5.10. The summed E-state index contributed by atoms with van der Waals surface area (Å²) in [6.07, 6.45) is 0.111. The summed E-state index contributed by atoms with van der Waals surface area (Å²) in [5, 5.41) is 5.69. The molecule has 1 saturated heterocycles. The highest BCUT2D eigenvalue weighted by atomic mass is 16.5. The molecule has 0 saturated carbocycles. The number of hydrogen-bond acceptors (Lipinski definition) is 7. The van der Waals surface area contributed by atoms with Gasteiger partial charge in [-0.2, -0.15) is 5.10 Å². The van der Waals surface area contributed by atoms with Crippen molar-refractivity contribution in [3.05, 3.63) is 29.8 Å². The van der Waals surface area contributed by atoms with Gasteiger partial charge >= 0.3 is 5.97 Å². The van der Waals surface area contributed by atoms with Crippen molar-refractivity contribution in [3.8, 4) is 0 Å². The Morgan fingerprint density at radius 2 is 1.82 bits per heavy atom. The maximum absolute atomic E-state index is 13.3. The summed E-state index contributed by atoms with van der Waals surface area (Å²) in [6.45, 7) is 6.75. The van der Waals surface area contributed by atoms with Gasteiger partial charge in [-0.1, -0.05) is 18.2 Å². The maximum atomic E-state index is 13.3. The van der Waals surface area contributed by atoms with Crippen molar-refractivity contribution < 1.29 is 23.9 Å². The van der Waals surface area contributed by atoms with Gasteiger partial charge in [-0.3, -0.25) is 19.4 Å². The quantitative estimate of drug-likeness (QED) is 0.562. The Kier molecular flexibility index (Phi) is 4.82. The molecule has 1 aromatic carbocycles. The molecule has 2 aliphatic rings. The van der Waals surface area contributed by atoms with Crippen LogP contribution in [0.1, 0.15) is 32.8 Å². The SMILES string of the molecule is COC(=O)C1=NN(C(C)(C)CC(C)=O)C2C(=O)N(c3ccccc3C)C(=O)C12. The van der Waals surface area contributed by atoms with E-state index in [1.165, 1.54) is 19.0 Å². The van der Waals surface area contributed by atoms with Crippen LogP contribution in [0.25, 0.3) is 0 Å². The molecular formula is C20H23N3O5. The van der Waals surface area contributed by atoms with Crippen molar-refractivity contribution in [2.24, 2.45) is 11.0 Å². The van der Waals surface area contributed by atoms with Crippen molar-refractivity contribution in [2.45, 2.75) is 45.7 Å². The highest BCUT2D eigenvalue weighted by molar-refractivity contribution is 6.46. The minimum absolute atomic E-state index is 0.0872. The van der Waals surface area contributed by atoms with Crippen molar-refractivity contribution in [3.63, 3.8) is 0 Å². The van der Waals surface area contributed by atoms with Crippen LogP contribution in [0.3, 0.4) is 0 Å². The van der Waals surface area contributed by atoms with Crippen LogP contribution in [0, 0.1) is 12.8 Å². The highest BCUT2D eigenvalue weighted by Gasteiger charge is 2.61. The Balaban J connectivity index is 2.10. The lowest BCUT2D eigenvalue weighted by molar-refractivity contribution is -0.133. The standard InChI is InChI=1S/C20H23N3O5/c1-11-8-6-7-9-13(11)22-17(25)14-15(19(27)28-5)21-23(16(14)18(22)26)20(3,4)10-12(2)24/h6-9,14,16H,10H2,1-5H3. The van der Waals surface area contributed by atoms with Gasteiger partial charge in [0.05, 0.1) is 18.3 Å². The molecule has 2 amide bonds. The number of aryl methyl sites for hydroxylation is 1. The summed E-state index contributed by atoms with van der Waals surface area (Å²) >= 11 is 0. The van der Waals surface area contributed by atoms with Crippen LogP contribution in [0.15, 0.2) is 29.4 Å². The number of imide groups is 1. The van der Waals surface area contributed by atoms with E-state index in [4.69, 9.17) is 4.74 Å². The molecule has 3 rings (SSSR count). The van der Waals surface area contributed by atoms with E-state index in [1.807, 2.05) is 6.07 Å². The van der Waals surface area contributed by atoms with Gasteiger partial charge in [-0.15, -0.1) is 0 Å². The van der Waals surface area contributed by atoms with E-state index >= 15 is 0 Å². The first-order valence-electron chi connectivity index (χ1n) is 8.99. The van der Waals surface area contributed by atoms with Gasteiger partial charge in [0.1, 0.15) is 17.7 Å². The number of hydrogen-bond donors (Lipinski definition) is 0. The summed E-state index contributed by atoms with van der Waals surface area (Å²) in [5.41, 5.74) is 0.261. The van der Waals surface area contributed by atoms with Gasteiger partial charge in [0, 0.05) is 6.42 Å². The molecule has 28 heavy (non-hydrogen) atoms. The molecule has 2 aliphatic heterocycles. The van der Waals surface area contributed by atoms with Crippen LogP contribution < -0.4 is 4.90 Å². The molecule has 0 aliphatic carbocycles. The molecule has 2 atom stereocenters. The average molecular weight is 385 g/mol. The predicted octanol–water partition coefficient (Wildman–Crippen LogP) is 1.46. The molecule has 0 aromatic heterocycles. The number of nitrogens with zero attached hydrogens (tertiary/aromatic N) is 3. The number of rotatable bonds is 5. The lowest BCUT2D eigenvalue weighted by Crippen LogP contribution is -2.50. The Morgan fingerprint density at radius 1 is 1.18 bits per heavy atom. The zero-order valence-corrected chi connectivity index (χ0v) is 16.6. The van der Waals surface area contributed by atoms with Crippen LogP contribution in [0.4, 0.5) is 5.69 Å². The number of ketones is 1. The first kappa shape index (κ1) is 19.7. The van der Waals surface area contributed by atoms with E-state index in [-0.39, 0.29) is 17.9 Å². The average Bonchev–Trinajstić information content (AvgIpc) is 3.12. The van der Waals surface area contributed by atoms with Crippen LogP contribution in [-0.2, 0) is 23.9 Å². The fraction of sp³-hybridized carbons (Fsp3) is 0.450. The van der Waals surface area contributed by atoms with E-state index in [2.05, 4.69) is 5.10 Å². The molecule has 0 spiro atoms. The number of anilines is 1. The normalized spacial score (nSPS) is 21.7.